The zero-order valence-corrected chi connectivity index (χ0v) is 14.0. The summed E-state index contributed by atoms with van der Waals surface area (Å²) < 4.78 is 31.7. The van der Waals surface area contributed by atoms with Crippen LogP contribution in [0.3, 0.4) is 0 Å². The molecule has 1 aromatic carbocycles. The van der Waals surface area contributed by atoms with Crippen LogP contribution in [0.1, 0.15) is 19.3 Å². The summed E-state index contributed by atoms with van der Waals surface area (Å²) in [4.78, 5) is 25.0. The molecule has 1 atom stereocenters. The predicted molar refractivity (Wildman–Crippen MR) is 89.7 cm³/mol. The number of aliphatic hydroxyl groups excluding tert-OH is 1. The van der Waals surface area contributed by atoms with Gasteiger partial charge in [-0.1, -0.05) is 0 Å². The van der Waals surface area contributed by atoms with Gasteiger partial charge in [0, 0.05) is 11.8 Å². The average molecular weight is 364 g/mol. The molecule has 0 bridgehead atoms. The van der Waals surface area contributed by atoms with Crippen LogP contribution in [0.4, 0.5) is 14.5 Å². The van der Waals surface area contributed by atoms with E-state index in [-0.39, 0.29) is 12.2 Å². The fourth-order valence-electron chi connectivity index (χ4n) is 2.74. The number of amides is 2. The molecule has 3 N–H and O–H groups in total. The van der Waals surface area contributed by atoms with E-state index >= 15 is 0 Å². The molecule has 2 aliphatic rings. The summed E-state index contributed by atoms with van der Waals surface area (Å²) in [6, 6.07) is 3.22. The summed E-state index contributed by atoms with van der Waals surface area (Å²) in [5.41, 5.74) is -0.918. The second kappa shape index (κ2) is 6.78. The molecular formula is C18H18F2N2O4. The van der Waals surface area contributed by atoms with E-state index in [2.05, 4.69) is 10.6 Å². The van der Waals surface area contributed by atoms with E-state index < -0.39 is 40.7 Å². The highest BCUT2D eigenvalue weighted by Gasteiger charge is 2.56. The van der Waals surface area contributed by atoms with E-state index in [1.54, 1.807) is 0 Å². The standard InChI is InChI=1S/C18H18F2N2O4/c1-26-15-9-11(2-4-12(15)19)22-17(25)18(6-7-18)16(24)21-10-3-5-14(23)13(20)8-10/h2,4-5,8-10,23H,3,6-7H2,1H3,(H,21,24)(H,22,25). The topological polar surface area (TPSA) is 87.7 Å². The van der Waals surface area contributed by atoms with E-state index in [0.29, 0.717) is 18.5 Å². The zero-order chi connectivity index (χ0) is 18.9. The molecular weight excluding hydrogens is 346 g/mol. The number of benzene rings is 1. The lowest BCUT2D eigenvalue weighted by Crippen LogP contribution is -2.44. The first-order chi connectivity index (χ1) is 12.4. The molecule has 1 unspecified atom stereocenters. The van der Waals surface area contributed by atoms with Crippen LogP contribution in [0.2, 0.25) is 0 Å². The molecule has 1 fully saturated rings. The van der Waals surface area contributed by atoms with Gasteiger partial charge in [-0.25, -0.2) is 8.78 Å². The van der Waals surface area contributed by atoms with E-state index in [9.17, 15) is 23.5 Å². The molecule has 1 saturated carbocycles. The number of hydrogen-bond acceptors (Lipinski definition) is 4. The number of aliphatic hydroxyl groups is 1. The van der Waals surface area contributed by atoms with Crippen molar-refractivity contribution in [1.82, 2.24) is 5.32 Å². The molecule has 0 aromatic heterocycles. The molecule has 0 spiro atoms. The van der Waals surface area contributed by atoms with Crippen LogP contribution in [0.25, 0.3) is 0 Å². The van der Waals surface area contributed by atoms with Gasteiger partial charge in [0.25, 0.3) is 0 Å². The molecule has 8 heteroatoms. The normalized spacial score (nSPS) is 20.5. The average Bonchev–Trinajstić information content (AvgIpc) is 3.42. The summed E-state index contributed by atoms with van der Waals surface area (Å²) in [5, 5.41) is 14.4. The Bertz CT molecular complexity index is 815. The maximum absolute atomic E-state index is 13.4. The largest absolute Gasteiger partial charge is 0.505 e. The third-order valence-corrected chi connectivity index (χ3v) is 4.50. The van der Waals surface area contributed by atoms with Gasteiger partial charge in [-0.15, -0.1) is 0 Å². The van der Waals surface area contributed by atoms with Gasteiger partial charge in [-0.05, 0) is 43.5 Å². The number of hydrogen-bond donors (Lipinski definition) is 3. The number of methoxy groups -OCH3 is 1. The Morgan fingerprint density at radius 1 is 1.27 bits per heavy atom. The fourth-order valence-corrected chi connectivity index (χ4v) is 2.74. The lowest BCUT2D eigenvalue weighted by atomic mass is 10.0. The smallest absolute Gasteiger partial charge is 0.240 e. The number of carbonyl (C=O) groups excluding carboxylic acids is 2. The van der Waals surface area contributed by atoms with Gasteiger partial charge in [-0.3, -0.25) is 9.59 Å². The van der Waals surface area contributed by atoms with Crippen molar-refractivity contribution in [3.05, 3.63) is 47.8 Å². The highest BCUT2D eigenvalue weighted by molar-refractivity contribution is 6.13. The molecule has 0 radical (unpaired) electrons. The van der Waals surface area contributed by atoms with Crippen molar-refractivity contribution in [2.24, 2.45) is 5.41 Å². The number of ether oxygens (including phenoxy) is 1. The molecule has 0 heterocycles. The minimum absolute atomic E-state index is 0.0217. The highest BCUT2D eigenvalue weighted by atomic mass is 19.1. The van der Waals surface area contributed by atoms with Gasteiger partial charge in [0.2, 0.25) is 11.8 Å². The summed E-state index contributed by atoms with van der Waals surface area (Å²) in [7, 11) is 1.31. The van der Waals surface area contributed by atoms with Crippen LogP contribution in [0.15, 0.2) is 41.9 Å². The van der Waals surface area contributed by atoms with Gasteiger partial charge in [0.05, 0.1) is 13.2 Å². The van der Waals surface area contributed by atoms with Crippen LogP contribution in [-0.4, -0.2) is 30.1 Å². The minimum atomic E-state index is -1.23. The lowest BCUT2D eigenvalue weighted by Gasteiger charge is -2.21. The summed E-state index contributed by atoms with van der Waals surface area (Å²) in [5.74, 6) is -2.87. The molecule has 138 valence electrons. The van der Waals surface area contributed by atoms with Crippen LogP contribution < -0.4 is 15.4 Å². The van der Waals surface area contributed by atoms with E-state index in [0.717, 1.165) is 12.1 Å². The van der Waals surface area contributed by atoms with Gasteiger partial charge >= 0.3 is 0 Å². The van der Waals surface area contributed by atoms with Gasteiger partial charge in [-0.2, -0.15) is 0 Å². The summed E-state index contributed by atoms with van der Waals surface area (Å²) in [6.45, 7) is 0. The summed E-state index contributed by atoms with van der Waals surface area (Å²) in [6.07, 6.45) is 3.33. The number of anilines is 1. The van der Waals surface area contributed by atoms with Gasteiger partial charge < -0.3 is 20.5 Å². The van der Waals surface area contributed by atoms with Crippen molar-refractivity contribution in [2.45, 2.75) is 25.3 Å². The molecule has 3 rings (SSSR count). The molecule has 6 nitrogen and oxygen atoms in total. The van der Waals surface area contributed by atoms with Crippen molar-refractivity contribution in [3.63, 3.8) is 0 Å². The van der Waals surface area contributed by atoms with Crippen LogP contribution in [0, 0.1) is 11.2 Å². The molecule has 1 aromatic rings. The lowest BCUT2D eigenvalue weighted by molar-refractivity contribution is -0.134. The second-order valence-electron chi connectivity index (χ2n) is 6.31. The first kappa shape index (κ1) is 17.9. The first-order valence-corrected chi connectivity index (χ1v) is 8.08. The Kier molecular flexibility index (Phi) is 4.67. The van der Waals surface area contributed by atoms with E-state index in [4.69, 9.17) is 4.74 Å². The van der Waals surface area contributed by atoms with Crippen LogP contribution >= 0.6 is 0 Å². The number of rotatable bonds is 5. The Labute approximate surface area is 148 Å². The third kappa shape index (κ3) is 3.40. The van der Waals surface area contributed by atoms with Crippen LogP contribution in [-0.2, 0) is 9.59 Å². The van der Waals surface area contributed by atoms with Gasteiger partial charge in [0.1, 0.15) is 11.2 Å². The monoisotopic (exact) mass is 364 g/mol. The third-order valence-electron chi connectivity index (χ3n) is 4.50. The SMILES string of the molecule is COc1cc(NC(=O)C2(C(=O)NC3C=C(F)C(O)=CC3)CC2)ccc1F. The number of nitrogens with one attached hydrogen (secondary N) is 2. The molecule has 0 saturated heterocycles. The maximum Gasteiger partial charge on any atom is 0.240 e. The Morgan fingerprint density at radius 3 is 2.62 bits per heavy atom. The molecule has 26 heavy (non-hydrogen) atoms. The number of carbonyl (C=O) groups is 2. The van der Waals surface area contributed by atoms with Crippen molar-refractivity contribution >= 4 is 17.5 Å². The van der Waals surface area contributed by atoms with Crippen molar-refractivity contribution in [1.29, 1.82) is 0 Å². The maximum atomic E-state index is 13.4. The van der Waals surface area contributed by atoms with Crippen LogP contribution in [0.5, 0.6) is 5.75 Å². The zero-order valence-electron chi connectivity index (χ0n) is 14.0. The minimum Gasteiger partial charge on any atom is -0.505 e. The van der Waals surface area contributed by atoms with Gasteiger partial charge in [0.15, 0.2) is 17.4 Å². The number of allylic oxidation sites excluding steroid dienone is 1. The Morgan fingerprint density at radius 2 is 2.00 bits per heavy atom. The van der Waals surface area contributed by atoms with Crippen molar-refractivity contribution in [3.8, 4) is 5.75 Å². The van der Waals surface area contributed by atoms with Crippen molar-refractivity contribution in [2.75, 3.05) is 12.4 Å². The van der Waals surface area contributed by atoms with E-state index in [1.165, 1.54) is 25.3 Å². The van der Waals surface area contributed by atoms with Crippen molar-refractivity contribution < 1.29 is 28.2 Å². The summed E-state index contributed by atoms with van der Waals surface area (Å²) >= 11 is 0. The Balaban J connectivity index is 1.66. The van der Waals surface area contributed by atoms with E-state index in [1.807, 2.05) is 0 Å². The fraction of sp³-hybridized carbons (Fsp3) is 0.333. The number of halogens is 2. The highest BCUT2D eigenvalue weighted by Crippen LogP contribution is 2.47. The predicted octanol–water partition coefficient (Wildman–Crippen LogP) is 2.74. The second-order valence-corrected chi connectivity index (χ2v) is 6.31. The first-order valence-electron chi connectivity index (χ1n) is 8.08. The molecule has 2 aliphatic carbocycles. The molecule has 2 amide bonds. The quantitative estimate of drug-likeness (QED) is 0.701. The Hall–Kier alpha value is -2.90. The molecule has 0 aliphatic heterocycles.